The molecule has 0 atom stereocenters. The number of aromatic nitrogens is 5. The van der Waals surface area contributed by atoms with Crippen LogP contribution in [0.15, 0.2) is 53.6 Å². The maximum atomic E-state index is 13.3. The summed E-state index contributed by atoms with van der Waals surface area (Å²) in [6.45, 7) is 1.79. The van der Waals surface area contributed by atoms with Crippen LogP contribution in [0.5, 0.6) is 5.75 Å². The van der Waals surface area contributed by atoms with Gasteiger partial charge in [0.25, 0.3) is 0 Å². The van der Waals surface area contributed by atoms with Crippen LogP contribution in [-0.2, 0) is 20.3 Å². The van der Waals surface area contributed by atoms with Crippen molar-refractivity contribution in [1.29, 1.82) is 0 Å². The molecule has 33 heavy (non-hydrogen) atoms. The quantitative estimate of drug-likeness (QED) is 0.432. The molecule has 3 heterocycles. The molecule has 0 radical (unpaired) electrons. The number of benzene rings is 2. The van der Waals surface area contributed by atoms with Crippen LogP contribution in [0.25, 0.3) is 38.8 Å². The number of phenolic OH excluding ortho intramolecular Hbond substituents is 1. The highest BCUT2D eigenvalue weighted by molar-refractivity contribution is 6.04. The van der Waals surface area contributed by atoms with Gasteiger partial charge in [0.05, 0.1) is 39.7 Å². The number of hydrogen-bond acceptors (Lipinski definition) is 4. The van der Waals surface area contributed by atoms with Gasteiger partial charge in [-0.15, -0.1) is 0 Å². The lowest BCUT2D eigenvalue weighted by atomic mass is 10.00. The van der Waals surface area contributed by atoms with E-state index in [1.807, 2.05) is 0 Å². The van der Waals surface area contributed by atoms with E-state index in [-0.39, 0.29) is 11.3 Å². The van der Waals surface area contributed by atoms with Gasteiger partial charge >= 0.3 is 11.9 Å². The second-order valence-electron chi connectivity index (χ2n) is 7.94. The van der Waals surface area contributed by atoms with Gasteiger partial charge in [-0.25, -0.2) is 4.79 Å². The number of aromatic hydroxyl groups is 1. The molecular formula is C23H18F3N5O2. The number of alkyl halides is 3. The largest absolute Gasteiger partial charge is 0.508 e. The maximum absolute atomic E-state index is 13.3. The number of pyridine rings is 1. The Labute approximate surface area is 184 Å². The second kappa shape index (κ2) is 6.96. The lowest BCUT2D eigenvalue weighted by Gasteiger charge is -2.11. The molecule has 0 bridgehead atoms. The van der Waals surface area contributed by atoms with Crippen molar-refractivity contribution >= 4 is 21.9 Å². The smallest absolute Gasteiger partial charge is 0.416 e. The summed E-state index contributed by atoms with van der Waals surface area (Å²) in [5.41, 5.74) is 2.37. The van der Waals surface area contributed by atoms with E-state index >= 15 is 0 Å². The first-order valence-corrected chi connectivity index (χ1v) is 9.97. The van der Waals surface area contributed by atoms with Crippen LogP contribution < -0.4 is 5.69 Å². The molecule has 0 fully saturated rings. The number of hydrogen-bond donors (Lipinski definition) is 1. The fourth-order valence-corrected chi connectivity index (χ4v) is 4.15. The Morgan fingerprint density at radius 1 is 1.03 bits per heavy atom. The number of imidazole rings is 1. The Morgan fingerprint density at radius 3 is 2.45 bits per heavy atom. The predicted octanol–water partition coefficient (Wildman–Crippen LogP) is 4.31. The SMILES string of the molecule is Cc1nn(C)cc1-n1c(=O)n(C)c2cnc3ccc(-c4cc(O)cc(C(F)(F)F)c4)cc3c21. The van der Waals surface area contributed by atoms with Crippen molar-refractivity contribution < 1.29 is 18.3 Å². The van der Waals surface area contributed by atoms with Crippen molar-refractivity contribution in [3.63, 3.8) is 0 Å². The van der Waals surface area contributed by atoms with Gasteiger partial charge in [0.2, 0.25) is 0 Å². The predicted molar refractivity (Wildman–Crippen MR) is 117 cm³/mol. The fourth-order valence-electron chi connectivity index (χ4n) is 4.15. The molecule has 5 aromatic rings. The van der Waals surface area contributed by atoms with Crippen LogP contribution >= 0.6 is 0 Å². The minimum Gasteiger partial charge on any atom is -0.508 e. The van der Waals surface area contributed by atoms with Crippen molar-refractivity contribution in [3.8, 4) is 22.6 Å². The van der Waals surface area contributed by atoms with Gasteiger partial charge in [0, 0.05) is 25.7 Å². The Bertz CT molecular complexity index is 1630. The summed E-state index contributed by atoms with van der Waals surface area (Å²) in [5, 5.41) is 14.8. The molecule has 168 valence electrons. The number of nitrogens with zero attached hydrogens (tertiary/aromatic N) is 5. The molecule has 0 aliphatic rings. The van der Waals surface area contributed by atoms with Gasteiger partial charge in [0.1, 0.15) is 5.75 Å². The van der Waals surface area contributed by atoms with Crippen LogP contribution in [0.2, 0.25) is 0 Å². The van der Waals surface area contributed by atoms with Crippen molar-refractivity contribution in [2.24, 2.45) is 14.1 Å². The molecule has 3 aromatic heterocycles. The molecule has 0 unspecified atom stereocenters. The molecule has 0 spiro atoms. The normalized spacial score (nSPS) is 12.2. The summed E-state index contributed by atoms with van der Waals surface area (Å²) < 4.78 is 44.5. The van der Waals surface area contributed by atoms with Gasteiger partial charge in [-0.05, 0) is 48.4 Å². The Morgan fingerprint density at radius 2 is 1.79 bits per heavy atom. The Balaban J connectivity index is 1.85. The van der Waals surface area contributed by atoms with E-state index in [0.29, 0.717) is 44.9 Å². The number of aryl methyl sites for hydroxylation is 3. The first-order valence-electron chi connectivity index (χ1n) is 9.97. The molecule has 7 nitrogen and oxygen atoms in total. The van der Waals surface area contributed by atoms with E-state index in [1.54, 1.807) is 56.3 Å². The highest BCUT2D eigenvalue weighted by Gasteiger charge is 2.31. The first-order chi connectivity index (χ1) is 15.5. The lowest BCUT2D eigenvalue weighted by Crippen LogP contribution is -2.21. The zero-order chi connectivity index (χ0) is 23.7. The number of rotatable bonds is 2. The van der Waals surface area contributed by atoms with Gasteiger partial charge < -0.3 is 5.11 Å². The van der Waals surface area contributed by atoms with Crippen molar-refractivity contribution in [1.82, 2.24) is 23.9 Å². The molecule has 1 N–H and O–H groups in total. The molecular weight excluding hydrogens is 435 g/mol. The summed E-state index contributed by atoms with van der Waals surface area (Å²) in [6.07, 6.45) is -1.27. The summed E-state index contributed by atoms with van der Waals surface area (Å²) in [5.74, 6) is -0.487. The van der Waals surface area contributed by atoms with Gasteiger partial charge in [0.15, 0.2) is 0 Å². The van der Waals surface area contributed by atoms with E-state index in [4.69, 9.17) is 0 Å². The van der Waals surface area contributed by atoms with E-state index in [1.165, 1.54) is 15.2 Å². The molecule has 2 aromatic carbocycles. The van der Waals surface area contributed by atoms with Gasteiger partial charge in [-0.3, -0.25) is 18.8 Å². The summed E-state index contributed by atoms with van der Waals surface area (Å²) >= 11 is 0. The maximum Gasteiger partial charge on any atom is 0.416 e. The molecule has 10 heteroatoms. The molecule has 0 saturated heterocycles. The summed E-state index contributed by atoms with van der Waals surface area (Å²) in [4.78, 5) is 17.6. The molecule has 0 aliphatic heterocycles. The lowest BCUT2D eigenvalue weighted by molar-refractivity contribution is -0.137. The van der Waals surface area contributed by atoms with E-state index in [9.17, 15) is 23.1 Å². The second-order valence-corrected chi connectivity index (χ2v) is 7.94. The van der Waals surface area contributed by atoms with Gasteiger partial charge in [-0.1, -0.05) is 6.07 Å². The van der Waals surface area contributed by atoms with E-state index in [0.717, 1.165) is 6.07 Å². The van der Waals surface area contributed by atoms with E-state index in [2.05, 4.69) is 10.1 Å². The third-order valence-corrected chi connectivity index (χ3v) is 5.69. The summed E-state index contributed by atoms with van der Waals surface area (Å²) in [6, 6.07) is 7.94. The third kappa shape index (κ3) is 3.25. The zero-order valence-electron chi connectivity index (χ0n) is 17.8. The molecule has 5 rings (SSSR count). The molecule has 0 amide bonds. The average molecular weight is 453 g/mol. The van der Waals surface area contributed by atoms with Gasteiger partial charge in [-0.2, -0.15) is 18.3 Å². The summed E-state index contributed by atoms with van der Waals surface area (Å²) in [7, 11) is 3.39. The Hall–Kier alpha value is -4.08. The average Bonchev–Trinajstić information content (AvgIpc) is 3.21. The number of phenols is 1. The number of fused-ring (bicyclic) bond motifs is 3. The van der Waals surface area contributed by atoms with E-state index < -0.39 is 17.5 Å². The zero-order valence-corrected chi connectivity index (χ0v) is 17.8. The third-order valence-electron chi connectivity index (χ3n) is 5.69. The molecule has 0 saturated carbocycles. The van der Waals surface area contributed by atoms with Crippen LogP contribution in [-0.4, -0.2) is 29.0 Å². The van der Waals surface area contributed by atoms with Crippen molar-refractivity contribution in [2.45, 2.75) is 13.1 Å². The van der Waals surface area contributed by atoms with Crippen LogP contribution in [0, 0.1) is 6.92 Å². The van der Waals surface area contributed by atoms with Crippen molar-refractivity contribution in [2.75, 3.05) is 0 Å². The molecule has 0 aliphatic carbocycles. The standard InChI is InChI=1S/C23H18F3N5O2/c1-12-20(11-29(2)28-12)31-21-17-8-13(14-6-15(23(24,25)26)9-16(32)7-14)4-5-18(17)27-10-19(21)30(3)22(31)33/h4-11,32H,1-3H3. The monoisotopic (exact) mass is 453 g/mol. The highest BCUT2D eigenvalue weighted by atomic mass is 19.4. The number of halogens is 3. The topological polar surface area (TPSA) is 77.9 Å². The van der Waals surface area contributed by atoms with Crippen molar-refractivity contribution in [3.05, 3.63) is 70.5 Å². The first kappa shape index (κ1) is 20.8. The minimum atomic E-state index is -4.60. The highest BCUT2D eigenvalue weighted by Crippen LogP contribution is 2.36. The fraction of sp³-hybridized carbons (Fsp3) is 0.174. The van der Waals surface area contributed by atoms with Crippen LogP contribution in [0.3, 0.4) is 0 Å². The Kier molecular flexibility index (Phi) is 4.39. The van der Waals surface area contributed by atoms with Crippen LogP contribution in [0.4, 0.5) is 13.2 Å². The minimum absolute atomic E-state index is 0.198. The van der Waals surface area contributed by atoms with Crippen LogP contribution in [0.1, 0.15) is 11.3 Å².